The van der Waals surface area contributed by atoms with Crippen LogP contribution in [0.5, 0.6) is 0 Å². The smallest absolute Gasteiger partial charge is 0.247 e. The number of carbonyl (C=O) groups is 1. The standard InChI is InChI=1S/C23H27FN8O2/c1-13(2)16-11-20(30-29-16)27-21-15-5-3-6-17(15)32(34)23(28-21)31-10-4-7-18(31)22(33)26-14-8-9-19(24)25-12-14/h8-9,11-13,18,34H,3-7,10H2,1-2H3,(H,26,33)(H,29,30)/t18-/m1/s1. The third-order valence-electron chi connectivity index (χ3n) is 6.34. The van der Waals surface area contributed by atoms with Gasteiger partial charge in [0.15, 0.2) is 11.3 Å². The maximum absolute atomic E-state index is 13.1. The molecule has 1 fully saturated rings. The second-order valence-electron chi connectivity index (χ2n) is 8.98. The number of fused-ring (bicyclic) bond motifs is 1. The number of carbonyl (C=O) groups excluding carboxylic acids is 1. The van der Waals surface area contributed by atoms with E-state index in [1.165, 1.54) is 18.3 Å². The Labute approximate surface area is 195 Å². The maximum atomic E-state index is 13.1. The lowest BCUT2D eigenvalue weighted by molar-refractivity contribution is -0.117. The number of H-pyrrole nitrogens is 1. The van der Waals surface area contributed by atoms with Crippen LogP contribution in [-0.2, 0) is 17.6 Å². The van der Waals surface area contributed by atoms with Gasteiger partial charge in [-0.25, -0.2) is 9.98 Å². The molecule has 3 aromatic heterocycles. The summed E-state index contributed by atoms with van der Waals surface area (Å²) in [5.74, 6) is 0.236. The van der Waals surface area contributed by atoms with Crippen molar-refractivity contribution in [3.8, 4) is 0 Å². The van der Waals surface area contributed by atoms with E-state index in [1.807, 2.05) is 6.07 Å². The number of aromatic amines is 1. The zero-order valence-electron chi connectivity index (χ0n) is 19.1. The summed E-state index contributed by atoms with van der Waals surface area (Å²) in [5, 5.41) is 21.1. The highest BCUT2D eigenvalue weighted by atomic mass is 19.1. The molecule has 3 N–H and O–H groups in total. The third kappa shape index (κ3) is 4.13. The number of aromatic nitrogens is 5. The molecule has 0 unspecified atom stereocenters. The van der Waals surface area contributed by atoms with E-state index in [0.717, 1.165) is 40.9 Å². The first-order chi connectivity index (χ1) is 16.4. The van der Waals surface area contributed by atoms with E-state index >= 15 is 0 Å². The van der Waals surface area contributed by atoms with Crippen molar-refractivity contribution in [2.45, 2.75) is 57.9 Å². The average Bonchev–Trinajstić information content (AvgIpc) is 3.57. The fourth-order valence-electron chi connectivity index (χ4n) is 4.55. The molecule has 5 rings (SSSR count). The minimum Gasteiger partial charge on any atom is -0.425 e. The molecule has 34 heavy (non-hydrogen) atoms. The number of amides is 1. The molecule has 1 amide bonds. The number of anilines is 2. The number of halogens is 1. The Kier molecular flexibility index (Phi) is 5.76. The van der Waals surface area contributed by atoms with Crippen molar-refractivity contribution in [1.29, 1.82) is 0 Å². The first kappa shape index (κ1) is 22.1. The summed E-state index contributed by atoms with van der Waals surface area (Å²) in [6.07, 6.45) is 5.00. The van der Waals surface area contributed by atoms with Crippen LogP contribution in [0.4, 0.5) is 21.8 Å². The van der Waals surface area contributed by atoms with Crippen molar-refractivity contribution in [3.63, 3.8) is 0 Å². The van der Waals surface area contributed by atoms with Gasteiger partial charge in [0.2, 0.25) is 17.8 Å². The number of rotatable bonds is 5. The van der Waals surface area contributed by atoms with E-state index in [4.69, 9.17) is 4.98 Å². The van der Waals surface area contributed by atoms with Gasteiger partial charge in [-0.3, -0.25) is 9.89 Å². The van der Waals surface area contributed by atoms with Gasteiger partial charge in [-0.15, -0.1) is 0 Å². The van der Waals surface area contributed by atoms with E-state index in [0.29, 0.717) is 42.3 Å². The third-order valence-corrected chi connectivity index (χ3v) is 6.34. The summed E-state index contributed by atoms with van der Waals surface area (Å²) >= 11 is 0. The maximum Gasteiger partial charge on any atom is 0.247 e. The molecular weight excluding hydrogens is 439 g/mol. The minimum absolute atomic E-state index is 0.263. The second kappa shape index (κ2) is 8.88. The van der Waals surface area contributed by atoms with Gasteiger partial charge >= 0.3 is 0 Å². The molecule has 178 valence electrons. The molecule has 0 bridgehead atoms. The number of nitrogens with one attached hydrogen (secondary N) is 2. The van der Waals surface area contributed by atoms with Crippen molar-refractivity contribution in [1.82, 2.24) is 24.9 Å². The molecule has 2 aliphatic rings. The van der Waals surface area contributed by atoms with E-state index in [1.54, 1.807) is 4.90 Å². The fraction of sp³-hybridized carbons (Fsp3) is 0.435. The Morgan fingerprint density at radius 3 is 2.91 bits per heavy atom. The van der Waals surface area contributed by atoms with Gasteiger partial charge in [-0.05, 0) is 50.2 Å². The molecule has 4 heterocycles. The van der Waals surface area contributed by atoms with Gasteiger partial charge in [0.1, 0.15) is 6.04 Å². The lowest BCUT2D eigenvalue weighted by atomic mass is 10.1. The average molecular weight is 467 g/mol. The highest BCUT2D eigenvalue weighted by Gasteiger charge is 2.35. The Balaban J connectivity index is 1.50. The van der Waals surface area contributed by atoms with Crippen molar-refractivity contribution >= 4 is 23.4 Å². The van der Waals surface area contributed by atoms with E-state index in [2.05, 4.69) is 39.3 Å². The Bertz CT molecular complexity index is 1280. The highest BCUT2D eigenvalue weighted by Crippen LogP contribution is 2.28. The van der Waals surface area contributed by atoms with Crippen LogP contribution in [-0.4, -0.2) is 48.6 Å². The summed E-state index contributed by atoms with van der Waals surface area (Å²) in [5.41, 5.74) is 3.57. The summed E-state index contributed by atoms with van der Waals surface area (Å²) in [7, 11) is 0. The largest absolute Gasteiger partial charge is 0.425 e. The lowest BCUT2D eigenvalue weighted by Gasteiger charge is -2.26. The lowest BCUT2D eigenvalue weighted by Crippen LogP contribution is -2.42. The molecule has 1 aliphatic heterocycles. The van der Waals surface area contributed by atoms with Crippen LogP contribution < -0.4 is 15.7 Å². The Morgan fingerprint density at radius 2 is 2.18 bits per heavy atom. The fourth-order valence-corrected chi connectivity index (χ4v) is 4.55. The van der Waals surface area contributed by atoms with Crippen LogP contribution in [0, 0.1) is 5.95 Å². The van der Waals surface area contributed by atoms with Crippen LogP contribution >= 0.6 is 0 Å². The second-order valence-corrected chi connectivity index (χ2v) is 8.98. The number of pyridine rings is 1. The molecule has 1 saturated heterocycles. The molecule has 1 atom stereocenters. The number of hydrogen-bond acceptors (Lipinski definition) is 7. The Hall–Kier alpha value is -3.76. The van der Waals surface area contributed by atoms with Gasteiger partial charge in [-0.1, -0.05) is 13.8 Å². The van der Waals surface area contributed by atoms with Gasteiger partial charge in [0.05, 0.1) is 17.6 Å². The molecular formula is C23H27FN8O2. The predicted octanol–water partition coefficient (Wildman–Crippen LogP) is 2.83. The predicted molar refractivity (Wildman–Crippen MR) is 123 cm³/mol. The van der Waals surface area contributed by atoms with Crippen LogP contribution in [0.25, 0.3) is 0 Å². The van der Waals surface area contributed by atoms with Gasteiger partial charge in [-0.2, -0.15) is 19.2 Å². The topological polar surface area (TPSA) is 124 Å². The van der Waals surface area contributed by atoms with Gasteiger partial charge in [0.25, 0.3) is 0 Å². The normalized spacial score (nSPS) is 18.1. The van der Waals surface area contributed by atoms with Crippen LogP contribution in [0.3, 0.4) is 0 Å². The molecule has 10 nitrogen and oxygen atoms in total. The van der Waals surface area contributed by atoms with Crippen molar-refractivity contribution in [2.24, 2.45) is 4.99 Å². The monoisotopic (exact) mass is 466 g/mol. The molecule has 0 spiro atoms. The zero-order chi connectivity index (χ0) is 23.8. The zero-order valence-corrected chi connectivity index (χ0v) is 19.1. The molecule has 1 aliphatic carbocycles. The van der Waals surface area contributed by atoms with Crippen LogP contribution in [0.1, 0.15) is 56.0 Å². The first-order valence-corrected chi connectivity index (χ1v) is 11.5. The Morgan fingerprint density at radius 1 is 1.32 bits per heavy atom. The molecule has 0 saturated carbocycles. The summed E-state index contributed by atoms with van der Waals surface area (Å²) in [4.78, 5) is 27.8. The molecule has 0 aromatic carbocycles. The highest BCUT2D eigenvalue weighted by molar-refractivity contribution is 5.96. The quantitative estimate of drug-likeness (QED) is 0.392. The van der Waals surface area contributed by atoms with Gasteiger partial charge in [0, 0.05) is 23.9 Å². The summed E-state index contributed by atoms with van der Waals surface area (Å²) < 4.78 is 14.2. The van der Waals surface area contributed by atoms with Crippen LogP contribution in [0.2, 0.25) is 0 Å². The van der Waals surface area contributed by atoms with Crippen molar-refractivity contribution < 1.29 is 14.4 Å². The summed E-state index contributed by atoms with van der Waals surface area (Å²) in [6.45, 7) is 4.71. The summed E-state index contributed by atoms with van der Waals surface area (Å²) in [6, 6.07) is 4.02. The molecule has 0 radical (unpaired) electrons. The number of nitrogens with zero attached hydrogens (tertiary/aromatic N) is 6. The van der Waals surface area contributed by atoms with Crippen molar-refractivity contribution in [2.75, 3.05) is 16.8 Å². The van der Waals surface area contributed by atoms with Crippen molar-refractivity contribution in [3.05, 3.63) is 52.8 Å². The van der Waals surface area contributed by atoms with Crippen LogP contribution in [0.15, 0.2) is 29.4 Å². The first-order valence-electron chi connectivity index (χ1n) is 11.5. The van der Waals surface area contributed by atoms with E-state index in [-0.39, 0.29) is 11.9 Å². The molecule has 11 heteroatoms. The van der Waals surface area contributed by atoms with E-state index < -0.39 is 12.0 Å². The van der Waals surface area contributed by atoms with E-state index in [9.17, 15) is 14.4 Å². The SMILES string of the molecule is CC(C)c1cc(N=c2nc(N3CCC[C@@H]3C(=O)Nc3ccc(F)nc3)n(O)c3c2CCC3)n[nH]1. The minimum atomic E-state index is -0.613. The number of hydrogen-bond donors (Lipinski definition) is 3. The van der Waals surface area contributed by atoms with Gasteiger partial charge < -0.3 is 15.4 Å². The molecule has 3 aromatic rings.